The van der Waals surface area contributed by atoms with Gasteiger partial charge in [-0.15, -0.1) is 5.10 Å². The quantitative estimate of drug-likeness (QED) is 0.154. The van der Waals surface area contributed by atoms with Crippen molar-refractivity contribution < 1.29 is 9.13 Å². The van der Waals surface area contributed by atoms with Crippen LogP contribution in [0.1, 0.15) is 29.7 Å². The van der Waals surface area contributed by atoms with Crippen LogP contribution in [0.4, 0.5) is 10.2 Å². The molecule has 50 heavy (non-hydrogen) atoms. The summed E-state index contributed by atoms with van der Waals surface area (Å²) < 4.78 is 23.3. The molecule has 4 heterocycles. The van der Waals surface area contributed by atoms with Crippen molar-refractivity contribution in [3.63, 3.8) is 0 Å². The number of ether oxygens (including phenoxy) is 1. The van der Waals surface area contributed by atoms with Crippen LogP contribution in [0.2, 0.25) is 0 Å². The number of fused-ring (bicyclic) bond motifs is 1. The molecule has 1 aliphatic heterocycles. The van der Waals surface area contributed by atoms with Crippen LogP contribution < -0.4 is 9.64 Å². The van der Waals surface area contributed by atoms with E-state index in [4.69, 9.17) is 9.72 Å². The van der Waals surface area contributed by atoms with Gasteiger partial charge in [0.25, 0.3) is 0 Å². The van der Waals surface area contributed by atoms with Crippen molar-refractivity contribution in [2.24, 2.45) is 0 Å². The topological polar surface area (TPSA) is 72.2 Å². The first-order chi connectivity index (χ1) is 24.6. The SMILES string of the molecule is CC(c1cc(F)ccc1Oc1nc2ccc(-n3cc(-c4ccccc4)nn3)cc2cc1Cc1ccccc1)N1CCN(c2ccccn2)CC1. The lowest BCUT2D eigenvalue weighted by molar-refractivity contribution is 0.195. The minimum atomic E-state index is -0.293. The number of hydrogen-bond donors (Lipinski definition) is 0. The summed E-state index contributed by atoms with van der Waals surface area (Å²) >= 11 is 0. The van der Waals surface area contributed by atoms with Crippen molar-refractivity contribution >= 4 is 16.7 Å². The molecule has 4 aromatic carbocycles. The van der Waals surface area contributed by atoms with Crippen LogP contribution >= 0.6 is 0 Å². The van der Waals surface area contributed by atoms with E-state index in [2.05, 4.69) is 56.3 Å². The maximum Gasteiger partial charge on any atom is 0.223 e. The van der Waals surface area contributed by atoms with Crippen molar-refractivity contribution in [2.75, 3.05) is 31.1 Å². The van der Waals surface area contributed by atoms with Gasteiger partial charge in [-0.25, -0.2) is 19.0 Å². The second-order valence-electron chi connectivity index (χ2n) is 12.6. The Morgan fingerprint density at radius 2 is 1.58 bits per heavy atom. The van der Waals surface area contributed by atoms with Crippen molar-refractivity contribution in [1.29, 1.82) is 0 Å². The van der Waals surface area contributed by atoms with Crippen LogP contribution in [-0.2, 0) is 6.42 Å². The summed E-state index contributed by atoms with van der Waals surface area (Å²) in [4.78, 5) is 14.2. The van der Waals surface area contributed by atoms with E-state index in [1.165, 1.54) is 6.07 Å². The molecule has 0 radical (unpaired) electrons. The van der Waals surface area contributed by atoms with E-state index in [0.717, 1.165) is 76.5 Å². The fraction of sp³-hybridized carbons (Fsp3) is 0.171. The van der Waals surface area contributed by atoms with Crippen molar-refractivity contribution in [3.8, 4) is 28.6 Å². The first kappa shape index (κ1) is 31.3. The number of benzene rings is 4. The highest BCUT2D eigenvalue weighted by molar-refractivity contribution is 5.82. The van der Waals surface area contributed by atoms with Gasteiger partial charge in [-0.2, -0.15) is 0 Å². The molecule has 3 aromatic heterocycles. The molecule has 0 bridgehead atoms. The predicted molar refractivity (Wildman–Crippen MR) is 194 cm³/mol. The highest BCUT2D eigenvalue weighted by Gasteiger charge is 2.26. The smallest absolute Gasteiger partial charge is 0.223 e. The number of piperazine rings is 1. The van der Waals surface area contributed by atoms with Gasteiger partial charge in [-0.1, -0.05) is 71.9 Å². The molecular formula is C41H36FN7O. The minimum Gasteiger partial charge on any atom is -0.438 e. The third-order valence-electron chi connectivity index (χ3n) is 9.37. The number of aromatic nitrogens is 5. The zero-order chi connectivity index (χ0) is 33.9. The summed E-state index contributed by atoms with van der Waals surface area (Å²) in [5.74, 6) is 1.78. The summed E-state index contributed by atoms with van der Waals surface area (Å²) in [5, 5.41) is 9.76. The van der Waals surface area contributed by atoms with E-state index in [1.54, 1.807) is 16.8 Å². The van der Waals surface area contributed by atoms with Gasteiger partial charge < -0.3 is 9.64 Å². The Morgan fingerprint density at radius 3 is 2.36 bits per heavy atom. The summed E-state index contributed by atoms with van der Waals surface area (Å²) in [7, 11) is 0. The molecule has 0 aliphatic carbocycles. The first-order valence-electron chi connectivity index (χ1n) is 16.9. The fourth-order valence-electron chi connectivity index (χ4n) is 6.61. The van der Waals surface area contributed by atoms with E-state index < -0.39 is 0 Å². The zero-order valence-electron chi connectivity index (χ0n) is 27.7. The molecule has 8 nitrogen and oxygen atoms in total. The van der Waals surface area contributed by atoms with E-state index in [0.29, 0.717) is 18.1 Å². The Kier molecular flexibility index (Phi) is 8.71. The lowest BCUT2D eigenvalue weighted by Crippen LogP contribution is -2.47. The van der Waals surface area contributed by atoms with Crippen LogP contribution in [0.5, 0.6) is 11.6 Å². The average Bonchev–Trinajstić information content (AvgIpc) is 3.67. The van der Waals surface area contributed by atoms with Crippen molar-refractivity contribution in [2.45, 2.75) is 19.4 Å². The fourth-order valence-corrected chi connectivity index (χ4v) is 6.61. The Hall–Kier alpha value is -5.93. The number of halogens is 1. The summed E-state index contributed by atoms with van der Waals surface area (Å²) in [6.45, 7) is 5.44. The molecule has 7 aromatic rings. The molecule has 248 valence electrons. The summed E-state index contributed by atoms with van der Waals surface area (Å²) in [6, 6.07) is 39.1. The second-order valence-corrected chi connectivity index (χ2v) is 12.6. The number of pyridine rings is 2. The standard InChI is InChI=1S/C41H36FN7O/c1-29(47-20-22-48(23-21-47)40-14-8-9-19-43-40)36-27-34(42)15-18-39(36)50-41-33(24-30-10-4-2-5-11-30)25-32-26-35(16-17-37(32)44-41)49-28-38(45-46-49)31-12-6-3-7-13-31/h2-19,25-29H,20-24H2,1H3. The molecule has 8 rings (SSSR count). The number of nitrogens with zero attached hydrogens (tertiary/aromatic N) is 7. The van der Waals surface area contributed by atoms with E-state index in [9.17, 15) is 4.39 Å². The van der Waals surface area contributed by atoms with Crippen LogP contribution in [-0.4, -0.2) is 56.0 Å². The van der Waals surface area contributed by atoms with Crippen LogP contribution in [0.3, 0.4) is 0 Å². The van der Waals surface area contributed by atoms with Gasteiger partial charge in [0, 0.05) is 66.9 Å². The van der Waals surface area contributed by atoms with E-state index >= 15 is 0 Å². The largest absolute Gasteiger partial charge is 0.438 e. The third-order valence-corrected chi connectivity index (χ3v) is 9.37. The summed E-state index contributed by atoms with van der Waals surface area (Å²) in [5.41, 5.74) is 6.33. The maximum atomic E-state index is 14.8. The number of rotatable bonds is 9. The molecule has 0 amide bonds. The molecule has 1 aliphatic rings. The molecule has 0 N–H and O–H groups in total. The maximum absolute atomic E-state index is 14.8. The highest BCUT2D eigenvalue weighted by atomic mass is 19.1. The molecule has 1 saturated heterocycles. The molecular weight excluding hydrogens is 625 g/mol. The molecule has 1 fully saturated rings. The first-order valence-corrected chi connectivity index (χ1v) is 16.9. The van der Waals surface area contributed by atoms with E-state index in [1.807, 2.05) is 91.3 Å². The molecule has 0 spiro atoms. The third kappa shape index (κ3) is 6.68. The average molecular weight is 662 g/mol. The zero-order valence-corrected chi connectivity index (χ0v) is 27.7. The van der Waals surface area contributed by atoms with Gasteiger partial charge in [0.2, 0.25) is 5.88 Å². The van der Waals surface area contributed by atoms with Crippen molar-refractivity contribution in [1.82, 2.24) is 29.9 Å². The summed E-state index contributed by atoms with van der Waals surface area (Å²) in [6.07, 6.45) is 4.37. The predicted octanol–water partition coefficient (Wildman–Crippen LogP) is 8.28. The van der Waals surface area contributed by atoms with Gasteiger partial charge in [-0.05, 0) is 67.1 Å². The Morgan fingerprint density at radius 1 is 0.800 bits per heavy atom. The second kappa shape index (κ2) is 13.9. The van der Waals surface area contributed by atoms with E-state index in [-0.39, 0.29) is 11.9 Å². The lowest BCUT2D eigenvalue weighted by Gasteiger charge is -2.39. The van der Waals surface area contributed by atoms with Gasteiger partial charge in [-0.3, -0.25) is 4.90 Å². The Bertz CT molecular complexity index is 2220. The van der Waals surface area contributed by atoms with Gasteiger partial charge in [0.1, 0.15) is 23.1 Å². The van der Waals surface area contributed by atoms with Gasteiger partial charge in [0.05, 0.1) is 17.4 Å². The monoisotopic (exact) mass is 661 g/mol. The minimum absolute atomic E-state index is 0.0735. The Balaban J connectivity index is 1.10. The normalized spacial score (nSPS) is 14.2. The highest BCUT2D eigenvalue weighted by Crippen LogP contribution is 2.36. The number of hydrogen-bond acceptors (Lipinski definition) is 7. The van der Waals surface area contributed by atoms with Gasteiger partial charge >= 0.3 is 0 Å². The van der Waals surface area contributed by atoms with Gasteiger partial charge in [0.15, 0.2) is 0 Å². The molecule has 1 atom stereocenters. The van der Waals surface area contributed by atoms with Crippen molar-refractivity contribution in [3.05, 3.63) is 156 Å². The Labute approximate surface area is 290 Å². The van der Waals surface area contributed by atoms with Crippen LogP contribution in [0.15, 0.2) is 134 Å². The molecule has 1 unspecified atom stereocenters. The van der Waals surface area contributed by atoms with Crippen LogP contribution in [0, 0.1) is 5.82 Å². The van der Waals surface area contributed by atoms with Crippen LogP contribution in [0.25, 0.3) is 27.8 Å². The number of anilines is 1. The molecule has 9 heteroatoms. The molecule has 0 saturated carbocycles. The lowest BCUT2D eigenvalue weighted by atomic mass is 10.0.